The normalized spacial score (nSPS) is 10.0. The molecule has 0 N–H and O–H groups in total. The Morgan fingerprint density at radius 3 is 2.69 bits per heavy atom. The highest BCUT2D eigenvalue weighted by atomic mass is 16.1. The van der Waals surface area contributed by atoms with E-state index in [0.717, 1.165) is 30.6 Å². The first-order valence-corrected chi connectivity index (χ1v) is 4.30. The molecule has 0 atom stereocenters. The Morgan fingerprint density at radius 1 is 1.54 bits per heavy atom. The second-order valence-corrected chi connectivity index (χ2v) is 3.00. The van der Waals surface area contributed by atoms with Crippen molar-refractivity contribution >= 4 is 6.29 Å². The summed E-state index contributed by atoms with van der Waals surface area (Å²) in [4.78, 5) is 10.7. The Kier molecular flexibility index (Phi) is 3.01. The van der Waals surface area contributed by atoms with Gasteiger partial charge in [-0.15, -0.1) is 6.58 Å². The third-order valence-electron chi connectivity index (χ3n) is 2.10. The van der Waals surface area contributed by atoms with Gasteiger partial charge >= 0.3 is 0 Å². The predicted octanol–water partition coefficient (Wildman–Crippen LogP) is 1.89. The molecule has 0 saturated heterocycles. The number of hydrogen-bond donors (Lipinski definition) is 0. The fourth-order valence-corrected chi connectivity index (χ4v) is 1.31. The molecule has 70 valence electrons. The molecule has 1 aromatic rings. The molecule has 0 radical (unpaired) electrons. The van der Waals surface area contributed by atoms with E-state index in [2.05, 4.69) is 11.7 Å². The van der Waals surface area contributed by atoms with Crippen molar-refractivity contribution in [3.8, 4) is 0 Å². The van der Waals surface area contributed by atoms with Crippen LogP contribution in [0.5, 0.6) is 0 Å². The van der Waals surface area contributed by atoms with E-state index in [9.17, 15) is 4.79 Å². The van der Waals surface area contributed by atoms with Crippen molar-refractivity contribution in [2.45, 2.75) is 26.8 Å². The number of aldehydes is 1. The maximum Gasteiger partial charge on any atom is 0.153 e. The summed E-state index contributed by atoms with van der Waals surface area (Å²) < 4.78 is 1.85. The van der Waals surface area contributed by atoms with Crippen LogP contribution in [0.25, 0.3) is 0 Å². The maximum atomic E-state index is 10.7. The Morgan fingerprint density at radius 2 is 2.23 bits per heavy atom. The number of rotatable bonds is 4. The van der Waals surface area contributed by atoms with Crippen LogP contribution in [0.1, 0.15) is 28.2 Å². The van der Waals surface area contributed by atoms with Crippen LogP contribution in [0.3, 0.4) is 0 Å². The monoisotopic (exact) mass is 178 g/mol. The SMILES string of the molecule is C=CCCn1nc(C)c(C=O)c1C. The summed E-state index contributed by atoms with van der Waals surface area (Å²) in [5.74, 6) is 0. The second-order valence-electron chi connectivity index (χ2n) is 3.00. The van der Waals surface area contributed by atoms with Crippen LogP contribution in [0.2, 0.25) is 0 Å². The molecule has 0 aliphatic rings. The van der Waals surface area contributed by atoms with Crippen molar-refractivity contribution in [3.63, 3.8) is 0 Å². The molecule has 1 rings (SSSR count). The molecular weight excluding hydrogens is 164 g/mol. The molecule has 13 heavy (non-hydrogen) atoms. The molecule has 0 aliphatic carbocycles. The number of carbonyl (C=O) groups excluding carboxylic acids is 1. The van der Waals surface area contributed by atoms with Crippen molar-refractivity contribution in [1.82, 2.24) is 9.78 Å². The lowest BCUT2D eigenvalue weighted by Gasteiger charge is -2.00. The first-order chi connectivity index (χ1) is 6.20. The fraction of sp³-hybridized carbons (Fsp3) is 0.400. The lowest BCUT2D eigenvalue weighted by Crippen LogP contribution is -2.01. The van der Waals surface area contributed by atoms with Crippen LogP contribution in [0.4, 0.5) is 0 Å². The summed E-state index contributed by atoms with van der Waals surface area (Å²) in [6.45, 7) is 8.20. The quantitative estimate of drug-likeness (QED) is 0.521. The molecule has 0 fully saturated rings. The molecule has 0 saturated carbocycles. The molecule has 3 nitrogen and oxygen atoms in total. The van der Waals surface area contributed by atoms with Crippen LogP contribution in [0.15, 0.2) is 12.7 Å². The molecule has 0 aromatic carbocycles. The third kappa shape index (κ3) is 1.86. The number of hydrogen-bond acceptors (Lipinski definition) is 2. The van der Waals surface area contributed by atoms with E-state index < -0.39 is 0 Å². The van der Waals surface area contributed by atoms with Gasteiger partial charge in [-0.1, -0.05) is 6.08 Å². The lowest BCUT2D eigenvalue weighted by atomic mass is 10.2. The van der Waals surface area contributed by atoms with Crippen molar-refractivity contribution in [2.24, 2.45) is 0 Å². The van der Waals surface area contributed by atoms with Gasteiger partial charge in [0, 0.05) is 12.2 Å². The Balaban J connectivity index is 2.96. The van der Waals surface area contributed by atoms with E-state index in [1.54, 1.807) is 0 Å². The minimum absolute atomic E-state index is 0.712. The Labute approximate surface area is 78.1 Å². The Hall–Kier alpha value is -1.38. The highest BCUT2D eigenvalue weighted by Gasteiger charge is 2.08. The average molecular weight is 178 g/mol. The standard InChI is InChI=1S/C10H14N2O/c1-4-5-6-12-9(3)10(7-13)8(2)11-12/h4,7H,1,5-6H2,2-3H3. The van der Waals surface area contributed by atoms with Gasteiger partial charge < -0.3 is 0 Å². The number of nitrogens with zero attached hydrogens (tertiary/aromatic N) is 2. The van der Waals surface area contributed by atoms with Crippen LogP contribution < -0.4 is 0 Å². The summed E-state index contributed by atoms with van der Waals surface area (Å²) in [5.41, 5.74) is 2.45. The zero-order valence-electron chi connectivity index (χ0n) is 8.08. The molecular formula is C10H14N2O. The van der Waals surface area contributed by atoms with E-state index in [1.807, 2.05) is 24.6 Å². The first-order valence-electron chi connectivity index (χ1n) is 4.30. The summed E-state index contributed by atoms with van der Waals surface area (Å²) in [6.07, 6.45) is 3.58. The van der Waals surface area contributed by atoms with Crippen LogP contribution in [-0.2, 0) is 6.54 Å². The maximum absolute atomic E-state index is 10.7. The zero-order chi connectivity index (χ0) is 9.84. The topological polar surface area (TPSA) is 34.9 Å². The minimum atomic E-state index is 0.712. The van der Waals surface area contributed by atoms with E-state index in [4.69, 9.17) is 0 Å². The van der Waals surface area contributed by atoms with Crippen molar-refractivity contribution < 1.29 is 4.79 Å². The van der Waals surface area contributed by atoms with Crippen LogP contribution in [0, 0.1) is 13.8 Å². The number of aryl methyl sites for hydroxylation is 2. The number of aromatic nitrogens is 2. The van der Waals surface area contributed by atoms with Crippen LogP contribution in [-0.4, -0.2) is 16.1 Å². The Bertz CT molecular complexity index is 326. The van der Waals surface area contributed by atoms with Gasteiger partial charge in [-0.3, -0.25) is 9.48 Å². The van der Waals surface area contributed by atoms with Crippen molar-refractivity contribution in [3.05, 3.63) is 29.6 Å². The largest absolute Gasteiger partial charge is 0.298 e. The number of allylic oxidation sites excluding steroid dienone is 1. The van der Waals surface area contributed by atoms with Gasteiger partial charge in [0.25, 0.3) is 0 Å². The van der Waals surface area contributed by atoms with Gasteiger partial charge in [-0.2, -0.15) is 5.10 Å². The second kappa shape index (κ2) is 4.03. The summed E-state index contributed by atoms with van der Waals surface area (Å²) in [6, 6.07) is 0. The van der Waals surface area contributed by atoms with E-state index in [0.29, 0.717) is 5.56 Å². The van der Waals surface area contributed by atoms with E-state index in [1.165, 1.54) is 0 Å². The summed E-state index contributed by atoms with van der Waals surface area (Å²) in [7, 11) is 0. The predicted molar refractivity (Wildman–Crippen MR) is 51.9 cm³/mol. The van der Waals surface area contributed by atoms with Crippen LogP contribution >= 0.6 is 0 Å². The molecule has 0 bridgehead atoms. The van der Waals surface area contributed by atoms with E-state index in [-0.39, 0.29) is 0 Å². The summed E-state index contributed by atoms with van der Waals surface area (Å²) in [5, 5.41) is 4.26. The molecule has 0 aliphatic heterocycles. The third-order valence-corrected chi connectivity index (χ3v) is 2.10. The average Bonchev–Trinajstić information content (AvgIpc) is 2.38. The van der Waals surface area contributed by atoms with Crippen molar-refractivity contribution in [1.29, 1.82) is 0 Å². The van der Waals surface area contributed by atoms with Gasteiger partial charge in [0.15, 0.2) is 6.29 Å². The molecule has 0 spiro atoms. The highest BCUT2D eigenvalue weighted by Crippen LogP contribution is 2.10. The van der Waals surface area contributed by atoms with E-state index >= 15 is 0 Å². The van der Waals surface area contributed by atoms with Gasteiger partial charge in [-0.05, 0) is 20.3 Å². The van der Waals surface area contributed by atoms with Gasteiger partial charge in [0.2, 0.25) is 0 Å². The number of carbonyl (C=O) groups is 1. The summed E-state index contributed by atoms with van der Waals surface area (Å²) >= 11 is 0. The molecule has 1 heterocycles. The molecule has 3 heteroatoms. The smallest absolute Gasteiger partial charge is 0.153 e. The van der Waals surface area contributed by atoms with Crippen molar-refractivity contribution in [2.75, 3.05) is 0 Å². The van der Waals surface area contributed by atoms with Gasteiger partial charge in [-0.25, -0.2) is 0 Å². The minimum Gasteiger partial charge on any atom is -0.298 e. The molecule has 0 unspecified atom stereocenters. The highest BCUT2D eigenvalue weighted by molar-refractivity contribution is 5.77. The molecule has 1 aromatic heterocycles. The zero-order valence-corrected chi connectivity index (χ0v) is 8.08. The van der Waals surface area contributed by atoms with Gasteiger partial charge in [0.05, 0.1) is 11.3 Å². The first kappa shape index (κ1) is 9.71. The lowest BCUT2D eigenvalue weighted by molar-refractivity contribution is 0.112. The fourth-order valence-electron chi connectivity index (χ4n) is 1.31. The molecule has 0 amide bonds. The van der Waals surface area contributed by atoms with Gasteiger partial charge in [0.1, 0.15) is 0 Å².